The maximum atomic E-state index is 13.7. The van der Waals surface area contributed by atoms with Crippen molar-refractivity contribution in [3.05, 3.63) is 84.2 Å². The maximum absolute atomic E-state index is 13.7. The minimum Gasteiger partial charge on any atom is -0.352 e. The van der Waals surface area contributed by atoms with Crippen LogP contribution in [0.15, 0.2) is 67.0 Å². The molecular weight excluding hydrogens is 335 g/mol. The van der Waals surface area contributed by atoms with Gasteiger partial charge in [-0.05, 0) is 54.7 Å². The smallest absolute Gasteiger partial charge is 0.169 e. The second-order valence-electron chi connectivity index (χ2n) is 6.02. The lowest BCUT2D eigenvalue weighted by Gasteiger charge is -2.25. The van der Waals surface area contributed by atoms with Gasteiger partial charge in [-0.25, -0.2) is 4.39 Å². The molecule has 0 unspecified atom stereocenters. The van der Waals surface area contributed by atoms with Gasteiger partial charge in [0.15, 0.2) is 5.11 Å². The summed E-state index contributed by atoms with van der Waals surface area (Å²) in [6, 6.07) is 16.3. The Hall–Kier alpha value is -2.73. The molecule has 2 atom stereocenters. The molecule has 2 aromatic heterocycles. The van der Waals surface area contributed by atoms with E-state index in [1.165, 1.54) is 12.1 Å². The lowest BCUT2D eigenvalue weighted by atomic mass is 10.0. The molecule has 1 aliphatic heterocycles. The summed E-state index contributed by atoms with van der Waals surface area (Å²) in [6.45, 7) is 0. The fourth-order valence-corrected chi connectivity index (χ4v) is 3.57. The van der Waals surface area contributed by atoms with Gasteiger partial charge in [-0.15, -0.1) is 0 Å². The van der Waals surface area contributed by atoms with E-state index in [2.05, 4.69) is 10.3 Å². The Morgan fingerprint density at radius 1 is 1.12 bits per heavy atom. The molecule has 0 spiro atoms. The highest BCUT2D eigenvalue weighted by molar-refractivity contribution is 7.80. The van der Waals surface area contributed by atoms with E-state index in [-0.39, 0.29) is 17.9 Å². The topological polar surface area (TPSA) is 33.1 Å². The van der Waals surface area contributed by atoms with Crippen molar-refractivity contribution in [2.24, 2.45) is 0 Å². The second kappa shape index (κ2) is 6.29. The van der Waals surface area contributed by atoms with Crippen LogP contribution < -0.4 is 5.32 Å². The van der Waals surface area contributed by atoms with Gasteiger partial charge in [0.1, 0.15) is 5.82 Å². The van der Waals surface area contributed by atoms with Crippen molar-refractivity contribution < 1.29 is 4.39 Å². The molecule has 0 aliphatic carbocycles. The molecular formula is C19H17FN4S. The standard InChI is InChI=1S/C19H17FN4S/c1-23-18(17(22-19(23)25)15-8-2-3-10-21-15)16-9-5-11-24(16)14-7-4-6-13(20)12-14/h2-12,17-18H,1H3,(H,22,25)/t17-,18+/m0/s1. The molecule has 4 nitrogen and oxygen atoms in total. The lowest BCUT2D eigenvalue weighted by Crippen LogP contribution is -2.25. The van der Waals surface area contributed by atoms with Gasteiger partial charge in [-0.1, -0.05) is 12.1 Å². The number of nitrogens with one attached hydrogen (secondary N) is 1. The molecule has 25 heavy (non-hydrogen) atoms. The van der Waals surface area contributed by atoms with Gasteiger partial charge in [-0.3, -0.25) is 4.98 Å². The SMILES string of the molecule is CN1C(=S)N[C@@H](c2ccccn2)[C@H]1c1cccn1-c1cccc(F)c1. The first kappa shape index (κ1) is 15.8. The molecule has 1 N–H and O–H groups in total. The van der Waals surface area contributed by atoms with E-state index in [4.69, 9.17) is 12.2 Å². The number of likely N-dealkylation sites (N-methyl/N-ethyl adjacent to an activating group) is 1. The summed E-state index contributed by atoms with van der Waals surface area (Å²) in [7, 11) is 1.96. The molecule has 126 valence electrons. The summed E-state index contributed by atoms with van der Waals surface area (Å²) in [5.74, 6) is -0.258. The van der Waals surface area contributed by atoms with Crippen LogP contribution in [0.4, 0.5) is 4.39 Å². The van der Waals surface area contributed by atoms with Crippen LogP contribution in [0, 0.1) is 5.82 Å². The zero-order valence-corrected chi connectivity index (χ0v) is 14.4. The normalized spacial score (nSPS) is 19.9. The van der Waals surface area contributed by atoms with E-state index >= 15 is 0 Å². The van der Waals surface area contributed by atoms with Gasteiger partial charge >= 0.3 is 0 Å². The number of hydrogen-bond acceptors (Lipinski definition) is 2. The highest BCUT2D eigenvalue weighted by atomic mass is 32.1. The van der Waals surface area contributed by atoms with Gasteiger partial charge in [0.2, 0.25) is 0 Å². The number of thiocarbonyl (C=S) groups is 1. The molecule has 1 saturated heterocycles. The predicted octanol–water partition coefficient (Wildman–Crippen LogP) is 3.61. The molecule has 0 saturated carbocycles. The first-order chi connectivity index (χ1) is 12.1. The van der Waals surface area contributed by atoms with Gasteiger partial charge in [0.05, 0.1) is 17.8 Å². The molecule has 3 heterocycles. The zero-order chi connectivity index (χ0) is 17.4. The van der Waals surface area contributed by atoms with Crippen LogP contribution in [0.3, 0.4) is 0 Å². The average Bonchev–Trinajstić information content (AvgIpc) is 3.21. The van der Waals surface area contributed by atoms with Crippen molar-refractivity contribution in [2.75, 3.05) is 7.05 Å². The maximum Gasteiger partial charge on any atom is 0.169 e. The third-order valence-electron chi connectivity index (χ3n) is 4.51. The van der Waals surface area contributed by atoms with E-state index in [1.807, 2.05) is 59.1 Å². The Balaban J connectivity index is 1.80. The molecule has 1 aliphatic rings. The molecule has 1 fully saturated rings. The van der Waals surface area contributed by atoms with E-state index in [9.17, 15) is 4.39 Å². The van der Waals surface area contributed by atoms with Gasteiger partial charge < -0.3 is 14.8 Å². The Labute approximate surface area is 150 Å². The Bertz CT molecular complexity index is 909. The number of halogens is 1. The van der Waals surface area contributed by atoms with Crippen molar-refractivity contribution in [1.82, 2.24) is 19.8 Å². The van der Waals surface area contributed by atoms with Crippen molar-refractivity contribution in [3.63, 3.8) is 0 Å². The van der Waals surface area contributed by atoms with Gasteiger partial charge in [0, 0.05) is 30.8 Å². The minimum atomic E-state index is -0.258. The summed E-state index contributed by atoms with van der Waals surface area (Å²) in [6.07, 6.45) is 3.72. The molecule has 4 rings (SSSR count). The fourth-order valence-electron chi connectivity index (χ4n) is 3.32. The lowest BCUT2D eigenvalue weighted by molar-refractivity contribution is 0.357. The van der Waals surface area contributed by atoms with Crippen LogP contribution in [0.2, 0.25) is 0 Å². The Kier molecular flexibility index (Phi) is 3.97. The second-order valence-corrected chi connectivity index (χ2v) is 6.41. The summed E-state index contributed by atoms with van der Waals surface area (Å²) in [5, 5.41) is 4.03. The summed E-state index contributed by atoms with van der Waals surface area (Å²) < 4.78 is 15.7. The predicted molar refractivity (Wildman–Crippen MR) is 98.9 cm³/mol. The Morgan fingerprint density at radius 3 is 2.76 bits per heavy atom. The van der Waals surface area contributed by atoms with Gasteiger partial charge in [-0.2, -0.15) is 0 Å². The molecule has 0 bridgehead atoms. The average molecular weight is 352 g/mol. The molecule has 3 aromatic rings. The van der Waals surface area contributed by atoms with Crippen LogP contribution >= 0.6 is 12.2 Å². The van der Waals surface area contributed by atoms with Gasteiger partial charge in [0.25, 0.3) is 0 Å². The highest BCUT2D eigenvalue weighted by Gasteiger charge is 2.39. The molecule has 6 heteroatoms. The number of aromatic nitrogens is 2. The zero-order valence-electron chi connectivity index (χ0n) is 13.6. The van der Waals surface area contributed by atoms with E-state index in [1.54, 1.807) is 12.3 Å². The molecule has 0 radical (unpaired) electrons. The quantitative estimate of drug-likeness (QED) is 0.730. The van der Waals surface area contributed by atoms with Crippen LogP contribution in [0.25, 0.3) is 5.69 Å². The first-order valence-corrected chi connectivity index (χ1v) is 8.43. The number of benzene rings is 1. The van der Waals surface area contributed by atoms with E-state index in [0.29, 0.717) is 5.11 Å². The van der Waals surface area contributed by atoms with Crippen molar-refractivity contribution in [1.29, 1.82) is 0 Å². The third kappa shape index (κ3) is 2.78. The van der Waals surface area contributed by atoms with Crippen LogP contribution in [0.5, 0.6) is 0 Å². The van der Waals surface area contributed by atoms with Crippen LogP contribution in [-0.4, -0.2) is 26.6 Å². The number of rotatable bonds is 3. The minimum absolute atomic E-state index is 0.0410. The molecule has 0 amide bonds. The summed E-state index contributed by atoms with van der Waals surface area (Å²) in [5.41, 5.74) is 2.73. The first-order valence-electron chi connectivity index (χ1n) is 8.02. The van der Waals surface area contributed by atoms with Crippen LogP contribution in [-0.2, 0) is 0 Å². The Morgan fingerprint density at radius 2 is 2.00 bits per heavy atom. The third-order valence-corrected chi connectivity index (χ3v) is 4.91. The van der Waals surface area contributed by atoms with E-state index in [0.717, 1.165) is 17.1 Å². The number of pyridine rings is 1. The van der Waals surface area contributed by atoms with Crippen molar-refractivity contribution in [3.8, 4) is 5.69 Å². The molecule has 1 aromatic carbocycles. The summed E-state index contributed by atoms with van der Waals surface area (Å²) >= 11 is 5.47. The van der Waals surface area contributed by atoms with Crippen molar-refractivity contribution in [2.45, 2.75) is 12.1 Å². The highest BCUT2D eigenvalue weighted by Crippen LogP contribution is 2.38. The number of hydrogen-bond donors (Lipinski definition) is 1. The monoisotopic (exact) mass is 352 g/mol. The van der Waals surface area contributed by atoms with Crippen molar-refractivity contribution >= 4 is 17.3 Å². The number of nitrogens with zero attached hydrogens (tertiary/aromatic N) is 3. The summed E-state index contributed by atoms with van der Waals surface area (Å²) in [4.78, 5) is 6.52. The van der Waals surface area contributed by atoms with E-state index < -0.39 is 0 Å². The fraction of sp³-hybridized carbons (Fsp3) is 0.158. The van der Waals surface area contributed by atoms with Crippen LogP contribution in [0.1, 0.15) is 23.5 Å². The largest absolute Gasteiger partial charge is 0.352 e.